The van der Waals surface area contributed by atoms with Crippen LogP contribution in [-0.4, -0.2) is 15.6 Å². The molecule has 17 heavy (non-hydrogen) atoms. The van der Waals surface area contributed by atoms with E-state index in [4.69, 9.17) is 0 Å². The number of aromatic nitrogens is 2. The molecule has 0 amide bonds. The van der Waals surface area contributed by atoms with Crippen molar-refractivity contribution in [1.29, 1.82) is 0 Å². The smallest absolute Gasteiger partial charge is 0.203 e. The Balaban J connectivity index is 2.07. The van der Waals surface area contributed by atoms with Gasteiger partial charge in [0, 0.05) is 24.5 Å². The van der Waals surface area contributed by atoms with Gasteiger partial charge in [-0.25, -0.2) is 4.98 Å². The summed E-state index contributed by atoms with van der Waals surface area (Å²) in [5.41, 5.74) is 0. The van der Waals surface area contributed by atoms with E-state index in [0.717, 1.165) is 17.8 Å². The van der Waals surface area contributed by atoms with Crippen LogP contribution in [0.3, 0.4) is 0 Å². The van der Waals surface area contributed by atoms with Gasteiger partial charge in [-0.3, -0.25) is 0 Å². The van der Waals surface area contributed by atoms with Crippen molar-refractivity contribution in [2.45, 2.75) is 59.0 Å². The van der Waals surface area contributed by atoms with E-state index in [2.05, 4.69) is 48.8 Å². The van der Waals surface area contributed by atoms with Gasteiger partial charge in [-0.1, -0.05) is 26.7 Å². The molecule has 0 saturated heterocycles. The predicted octanol–water partition coefficient (Wildman–Crippen LogP) is 3.70. The summed E-state index contributed by atoms with van der Waals surface area (Å²) in [6, 6.07) is 1.05. The summed E-state index contributed by atoms with van der Waals surface area (Å²) >= 11 is 0. The molecule has 1 aliphatic rings. The minimum absolute atomic E-state index is 0.469. The Kier molecular flexibility index (Phi) is 3.75. The van der Waals surface area contributed by atoms with Gasteiger partial charge in [0.2, 0.25) is 5.95 Å². The zero-order valence-corrected chi connectivity index (χ0v) is 11.5. The monoisotopic (exact) mass is 235 g/mol. The third-order valence-electron chi connectivity index (χ3n) is 4.25. The molecule has 3 heteroatoms. The number of anilines is 1. The number of rotatable bonds is 3. The number of nitrogens with zero attached hydrogens (tertiary/aromatic N) is 2. The number of hydrogen-bond donors (Lipinski definition) is 1. The van der Waals surface area contributed by atoms with Crippen LogP contribution < -0.4 is 5.32 Å². The van der Waals surface area contributed by atoms with Gasteiger partial charge in [-0.15, -0.1) is 0 Å². The van der Waals surface area contributed by atoms with Crippen molar-refractivity contribution in [3.63, 3.8) is 0 Å². The quantitative estimate of drug-likeness (QED) is 0.865. The summed E-state index contributed by atoms with van der Waals surface area (Å²) in [5.74, 6) is 2.59. The Labute approximate surface area is 105 Å². The van der Waals surface area contributed by atoms with Gasteiger partial charge in [-0.05, 0) is 32.1 Å². The molecule has 1 fully saturated rings. The summed E-state index contributed by atoms with van der Waals surface area (Å²) < 4.78 is 2.21. The second-order valence-electron chi connectivity index (χ2n) is 5.77. The lowest BCUT2D eigenvalue weighted by Crippen LogP contribution is -2.36. The molecule has 3 unspecified atom stereocenters. The van der Waals surface area contributed by atoms with E-state index in [-0.39, 0.29) is 0 Å². The fourth-order valence-corrected chi connectivity index (χ4v) is 2.79. The zero-order valence-electron chi connectivity index (χ0n) is 11.5. The highest BCUT2D eigenvalue weighted by atomic mass is 15.2. The second kappa shape index (κ2) is 5.11. The number of hydrogen-bond acceptors (Lipinski definition) is 2. The van der Waals surface area contributed by atoms with Crippen molar-refractivity contribution < 1.29 is 0 Å². The highest BCUT2D eigenvalue weighted by molar-refractivity contribution is 5.29. The first-order valence-electron chi connectivity index (χ1n) is 6.89. The fourth-order valence-electron chi connectivity index (χ4n) is 2.79. The molecule has 1 aliphatic carbocycles. The van der Waals surface area contributed by atoms with E-state index in [1.54, 1.807) is 0 Å². The van der Waals surface area contributed by atoms with Gasteiger partial charge in [0.15, 0.2) is 0 Å². The maximum Gasteiger partial charge on any atom is 0.203 e. The fraction of sp³-hybridized carbons (Fsp3) is 0.786. The van der Waals surface area contributed by atoms with Crippen LogP contribution in [0, 0.1) is 11.8 Å². The Morgan fingerprint density at radius 3 is 2.82 bits per heavy atom. The molecule has 2 rings (SSSR count). The third kappa shape index (κ3) is 2.64. The van der Waals surface area contributed by atoms with Crippen molar-refractivity contribution in [2.24, 2.45) is 11.8 Å². The predicted molar refractivity (Wildman–Crippen MR) is 72.2 cm³/mol. The Morgan fingerprint density at radius 2 is 2.12 bits per heavy atom. The van der Waals surface area contributed by atoms with Gasteiger partial charge in [-0.2, -0.15) is 0 Å². The largest absolute Gasteiger partial charge is 0.353 e. The lowest BCUT2D eigenvalue weighted by molar-refractivity contribution is 0.252. The van der Waals surface area contributed by atoms with E-state index in [0.29, 0.717) is 12.1 Å². The standard InChI is InChI=1S/C14H25N3/c1-10(2)17-9-8-15-14(17)16-13-7-5-6-11(3)12(13)4/h8-13H,5-7H2,1-4H3,(H,15,16). The van der Waals surface area contributed by atoms with Gasteiger partial charge in [0.1, 0.15) is 0 Å². The van der Waals surface area contributed by atoms with E-state index < -0.39 is 0 Å². The summed E-state index contributed by atoms with van der Waals surface area (Å²) in [5, 5.41) is 3.64. The van der Waals surface area contributed by atoms with Gasteiger partial charge in [0.25, 0.3) is 0 Å². The molecule has 1 aromatic rings. The van der Waals surface area contributed by atoms with Crippen molar-refractivity contribution >= 4 is 5.95 Å². The molecule has 1 aromatic heterocycles. The number of nitrogens with one attached hydrogen (secondary N) is 1. The summed E-state index contributed by atoms with van der Waals surface area (Å²) in [4.78, 5) is 4.44. The molecular formula is C14H25N3. The molecule has 1 saturated carbocycles. The van der Waals surface area contributed by atoms with Crippen LogP contribution in [-0.2, 0) is 0 Å². The van der Waals surface area contributed by atoms with Gasteiger partial charge < -0.3 is 9.88 Å². The first kappa shape index (κ1) is 12.5. The van der Waals surface area contributed by atoms with Crippen LogP contribution in [0.15, 0.2) is 12.4 Å². The minimum Gasteiger partial charge on any atom is -0.353 e. The Bertz CT molecular complexity index is 356. The first-order valence-corrected chi connectivity index (χ1v) is 6.89. The van der Waals surface area contributed by atoms with Crippen LogP contribution in [0.25, 0.3) is 0 Å². The van der Waals surface area contributed by atoms with Crippen LogP contribution in [0.1, 0.15) is 53.0 Å². The normalized spacial score (nSPS) is 29.6. The molecule has 0 aromatic carbocycles. The van der Waals surface area contributed by atoms with E-state index >= 15 is 0 Å². The summed E-state index contributed by atoms with van der Waals surface area (Å²) in [7, 11) is 0. The Morgan fingerprint density at radius 1 is 1.35 bits per heavy atom. The summed E-state index contributed by atoms with van der Waals surface area (Å²) in [6.07, 6.45) is 7.93. The lowest BCUT2D eigenvalue weighted by atomic mass is 9.78. The summed E-state index contributed by atoms with van der Waals surface area (Å²) in [6.45, 7) is 9.12. The highest BCUT2D eigenvalue weighted by Crippen LogP contribution is 2.31. The van der Waals surface area contributed by atoms with Crippen molar-refractivity contribution in [2.75, 3.05) is 5.32 Å². The van der Waals surface area contributed by atoms with Crippen molar-refractivity contribution in [3.05, 3.63) is 12.4 Å². The van der Waals surface area contributed by atoms with Crippen LogP contribution in [0.2, 0.25) is 0 Å². The number of imidazole rings is 1. The van der Waals surface area contributed by atoms with Gasteiger partial charge >= 0.3 is 0 Å². The van der Waals surface area contributed by atoms with E-state index in [1.165, 1.54) is 19.3 Å². The molecule has 0 radical (unpaired) electrons. The van der Waals surface area contributed by atoms with Crippen molar-refractivity contribution in [3.8, 4) is 0 Å². The molecule has 0 spiro atoms. The molecule has 96 valence electrons. The van der Waals surface area contributed by atoms with Crippen LogP contribution in [0.5, 0.6) is 0 Å². The average molecular weight is 235 g/mol. The first-order chi connectivity index (χ1) is 8.09. The molecule has 3 nitrogen and oxygen atoms in total. The Hall–Kier alpha value is -0.990. The van der Waals surface area contributed by atoms with Crippen LogP contribution in [0.4, 0.5) is 5.95 Å². The molecule has 1 N–H and O–H groups in total. The second-order valence-corrected chi connectivity index (χ2v) is 5.77. The maximum atomic E-state index is 4.44. The van der Waals surface area contributed by atoms with Gasteiger partial charge in [0.05, 0.1) is 0 Å². The minimum atomic E-state index is 0.469. The third-order valence-corrected chi connectivity index (χ3v) is 4.25. The molecule has 0 bridgehead atoms. The lowest BCUT2D eigenvalue weighted by Gasteiger charge is -2.35. The van der Waals surface area contributed by atoms with E-state index in [9.17, 15) is 0 Å². The highest BCUT2D eigenvalue weighted by Gasteiger charge is 2.27. The zero-order chi connectivity index (χ0) is 12.4. The van der Waals surface area contributed by atoms with Crippen LogP contribution >= 0.6 is 0 Å². The average Bonchev–Trinajstić information content (AvgIpc) is 2.73. The van der Waals surface area contributed by atoms with E-state index in [1.807, 2.05) is 6.20 Å². The molecule has 3 atom stereocenters. The topological polar surface area (TPSA) is 29.9 Å². The molecule has 0 aliphatic heterocycles. The van der Waals surface area contributed by atoms with Crippen molar-refractivity contribution in [1.82, 2.24) is 9.55 Å². The maximum absolute atomic E-state index is 4.44. The SMILES string of the molecule is CC1CCCC(Nc2nccn2C(C)C)C1C. The molecule has 1 heterocycles. The molecular weight excluding hydrogens is 210 g/mol.